The second-order valence-corrected chi connectivity index (χ2v) is 4.86. The molecule has 0 aliphatic rings. The Kier molecular flexibility index (Phi) is 7.08. The number of hydrogen-bond donors (Lipinski definition) is 1. The largest absolute Gasteiger partial charge is 0.460 e. The van der Waals surface area contributed by atoms with Crippen LogP contribution in [0.25, 0.3) is 0 Å². The molecule has 20 heavy (non-hydrogen) atoms. The number of hydrazone groups is 1. The molecule has 0 atom stereocenters. The highest BCUT2D eigenvalue weighted by Crippen LogP contribution is 2.14. The maximum absolute atomic E-state index is 11.9. The molecular formula is C14H20BrN3O2. The van der Waals surface area contributed by atoms with Gasteiger partial charge in [0.25, 0.3) is 0 Å². The topological polar surface area (TPSA) is 53.9 Å². The number of ether oxygens (including phenoxy) is 1. The van der Waals surface area contributed by atoms with Crippen molar-refractivity contribution in [2.75, 3.05) is 25.1 Å². The fourth-order valence-electron chi connectivity index (χ4n) is 1.61. The van der Waals surface area contributed by atoms with E-state index in [-0.39, 0.29) is 0 Å². The van der Waals surface area contributed by atoms with Crippen LogP contribution in [0.3, 0.4) is 0 Å². The van der Waals surface area contributed by atoms with Crippen molar-refractivity contribution in [3.05, 3.63) is 28.7 Å². The van der Waals surface area contributed by atoms with E-state index in [9.17, 15) is 4.79 Å². The summed E-state index contributed by atoms with van der Waals surface area (Å²) in [6, 6.07) is 7.55. The Morgan fingerprint density at radius 3 is 2.35 bits per heavy atom. The molecule has 0 amide bonds. The molecule has 6 heteroatoms. The van der Waals surface area contributed by atoms with Crippen LogP contribution in [-0.2, 0) is 9.53 Å². The quantitative estimate of drug-likeness (QED) is 0.387. The van der Waals surface area contributed by atoms with Crippen molar-refractivity contribution >= 4 is 33.4 Å². The molecule has 0 saturated carbocycles. The van der Waals surface area contributed by atoms with Gasteiger partial charge in [-0.2, -0.15) is 0 Å². The smallest absolute Gasteiger partial charge is 0.375 e. The van der Waals surface area contributed by atoms with Gasteiger partial charge in [-0.05, 0) is 45.0 Å². The number of carbonyl (C=O) groups excluding carboxylic acids is 1. The summed E-state index contributed by atoms with van der Waals surface area (Å²) in [6.45, 7) is 7.43. The summed E-state index contributed by atoms with van der Waals surface area (Å²) in [5.74, 6) is -0.124. The Hall–Kier alpha value is -1.56. The molecule has 0 aliphatic carbocycles. The van der Waals surface area contributed by atoms with Gasteiger partial charge in [0.05, 0.1) is 12.3 Å². The van der Waals surface area contributed by atoms with Gasteiger partial charge in [-0.3, -0.25) is 5.43 Å². The van der Waals surface area contributed by atoms with Gasteiger partial charge in [-0.25, -0.2) is 4.79 Å². The molecule has 1 rings (SSSR count). The van der Waals surface area contributed by atoms with Crippen LogP contribution in [0.15, 0.2) is 33.8 Å². The van der Waals surface area contributed by atoms with Crippen LogP contribution in [0.1, 0.15) is 20.8 Å². The highest BCUT2D eigenvalue weighted by Gasteiger charge is 2.18. The van der Waals surface area contributed by atoms with E-state index >= 15 is 0 Å². The first-order valence-corrected chi connectivity index (χ1v) is 7.42. The average Bonchev–Trinajstić information content (AvgIpc) is 2.45. The van der Waals surface area contributed by atoms with Crippen LogP contribution < -0.4 is 5.43 Å². The van der Waals surface area contributed by atoms with E-state index in [0.717, 1.165) is 10.2 Å². The first-order chi connectivity index (χ1) is 9.62. The Labute approximate surface area is 128 Å². The second kappa shape index (κ2) is 8.58. The number of nitrogens with zero attached hydrogens (tertiary/aromatic N) is 2. The third kappa shape index (κ3) is 4.85. The van der Waals surface area contributed by atoms with E-state index in [1.807, 2.05) is 43.0 Å². The number of rotatable bonds is 5. The number of benzene rings is 1. The van der Waals surface area contributed by atoms with E-state index in [0.29, 0.717) is 25.5 Å². The lowest BCUT2D eigenvalue weighted by atomic mass is 10.3. The predicted octanol–water partition coefficient (Wildman–Crippen LogP) is 3.08. The summed E-state index contributed by atoms with van der Waals surface area (Å²) in [7, 11) is 0. The van der Waals surface area contributed by atoms with Crippen LogP contribution in [0.4, 0.5) is 5.69 Å². The van der Waals surface area contributed by atoms with Crippen molar-refractivity contribution < 1.29 is 9.53 Å². The Balaban J connectivity index is 2.88. The lowest BCUT2D eigenvalue weighted by Gasteiger charge is -2.21. The molecule has 0 heterocycles. The van der Waals surface area contributed by atoms with Crippen molar-refractivity contribution in [3.8, 4) is 0 Å². The van der Waals surface area contributed by atoms with Gasteiger partial charge >= 0.3 is 5.97 Å². The lowest BCUT2D eigenvalue weighted by Crippen LogP contribution is -2.38. The lowest BCUT2D eigenvalue weighted by molar-refractivity contribution is -0.135. The zero-order valence-electron chi connectivity index (χ0n) is 12.0. The van der Waals surface area contributed by atoms with Crippen molar-refractivity contribution in [1.29, 1.82) is 0 Å². The van der Waals surface area contributed by atoms with Crippen molar-refractivity contribution in [2.45, 2.75) is 20.8 Å². The monoisotopic (exact) mass is 341 g/mol. The first kappa shape index (κ1) is 16.5. The molecule has 0 aliphatic heterocycles. The summed E-state index contributed by atoms with van der Waals surface area (Å²) in [6.07, 6.45) is 0. The molecule has 1 N–H and O–H groups in total. The fourth-order valence-corrected chi connectivity index (χ4v) is 1.87. The average molecular weight is 342 g/mol. The van der Waals surface area contributed by atoms with Crippen LogP contribution >= 0.6 is 15.9 Å². The molecule has 5 nitrogen and oxygen atoms in total. The Bertz CT molecular complexity index is 456. The van der Waals surface area contributed by atoms with Crippen LogP contribution in [0.5, 0.6) is 0 Å². The summed E-state index contributed by atoms with van der Waals surface area (Å²) in [4.78, 5) is 13.8. The molecule has 110 valence electrons. The van der Waals surface area contributed by atoms with Crippen LogP contribution in [0, 0.1) is 0 Å². The molecular weight excluding hydrogens is 322 g/mol. The normalized spacial score (nSPS) is 11.1. The summed E-state index contributed by atoms with van der Waals surface area (Å²) in [5.41, 5.74) is 3.69. The maximum atomic E-state index is 11.9. The van der Waals surface area contributed by atoms with Crippen molar-refractivity contribution in [2.24, 2.45) is 5.10 Å². The minimum atomic E-state index is -0.416. The third-order valence-corrected chi connectivity index (χ3v) is 3.18. The summed E-state index contributed by atoms with van der Waals surface area (Å²) in [5, 5.41) is 4.19. The third-order valence-electron chi connectivity index (χ3n) is 2.66. The van der Waals surface area contributed by atoms with Gasteiger partial charge in [0.2, 0.25) is 5.84 Å². The fraction of sp³-hybridized carbons (Fsp3) is 0.429. The van der Waals surface area contributed by atoms with Gasteiger partial charge in [0.1, 0.15) is 0 Å². The van der Waals surface area contributed by atoms with E-state index in [1.165, 1.54) is 0 Å². The second-order valence-electron chi connectivity index (χ2n) is 3.95. The number of esters is 1. The van der Waals surface area contributed by atoms with Gasteiger partial charge < -0.3 is 9.64 Å². The van der Waals surface area contributed by atoms with Crippen LogP contribution in [0.2, 0.25) is 0 Å². The summed E-state index contributed by atoms with van der Waals surface area (Å²) < 4.78 is 6.02. The van der Waals surface area contributed by atoms with Crippen LogP contribution in [-0.4, -0.2) is 36.4 Å². The molecule has 0 bridgehead atoms. The van der Waals surface area contributed by atoms with E-state index in [4.69, 9.17) is 4.74 Å². The van der Waals surface area contributed by atoms with Gasteiger partial charge in [-0.15, -0.1) is 5.10 Å². The number of halogens is 1. The predicted molar refractivity (Wildman–Crippen MR) is 84.8 cm³/mol. The number of carbonyl (C=O) groups is 1. The molecule has 0 saturated heterocycles. The van der Waals surface area contributed by atoms with E-state index in [2.05, 4.69) is 26.5 Å². The van der Waals surface area contributed by atoms with Gasteiger partial charge in [0, 0.05) is 17.6 Å². The van der Waals surface area contributed by atoms with Crippen molar-refractivity contribution in [1.82, 2.24) is 4.90 Å². The Morgan fingerprint density at radius 2 is 1.85 bits per heavy atom. The van der Waals surface area contributed by atoms with Gasteiger partial charge in [-0.1, -0.05) is 15.9 Å². The zero-order valence-corrected chi connectivity index (χ0v) is 13.6. The van der Waals surface area contributed by atoms with E-state index in [1.54, 1.807) is 6.92 Å². The van der Waals surface area contributed by atoms with Gasteiger partial charge in [0.15, 0.2) is 0 Å². The standard InChI is InChI=1S/C14H20BrN3O2/c1-4-18(5-2)13(14(19)20-6-3)17-16-12-9-7-11(15)8-10-12/h7-10,16H,4-6H2,1-3H3. The highest BCUT2D eigenvalue weighted by atomic mass is 79.9. The zero-order chi connectivity index (χ0) is 15.0. The van der Waals surface area contributed by atoms with Crippen molar-refractivity contribution in [3.63, 3.8) is 0 Å². The van der Waals surface area contributed by atoms with E-state index < -0.39 is 5.97 Å². The SMILES string of the molecule is CCOC(=O)C(=NNc1ccc(Br)cc1)N(CC)CC. The molecule has 0 fully saturated rings. The number of nitrogens with one attached hydrogen (secondary N) is 1. The molecule has 0 spiro atoms. The highest BCUT2D eigenvalue weighted by molar-refractivity contribution is 9.10. The molecule has 0 aromatic heterocycles. The number of likely N-dealkylation sites (N-methyl/N-ethyl adjacent to an activating group) is 1. The molecule has 1 aromatic carbocycles. The Morgan fingerprint density at radius 1 is 1.25 bits per heavy atom. The first-order valence-electron chi connectivity index (χ1n) is 6.63. The molecule has 0 unspecified atom stereocenters. The minimum absolute atomic E-state index is 0.291. The number of amidine groups is 1. The number of anilines is 1. The number of hydrogen-bond acceptors (Lipinski definition) is 4. The molecule has 0 radical (unpaired) electrons. The minimum Gasteiger partial charge on any atom is -0.460 e. The molecule has 1 aromatic rings. The maximum Gasteiger partial charge on any atom is 0.375 e. The summed E-state index contributed by atoms with van der Waals surface area (Å²) >= 11 is 3.37.